The van der Waals surface area contributed by atoms with Gasteiger partial charge in [-0.3, -0.25) is 0 Å². The fourth-order valence-electron chi connectivity index (χ4n) is 7.76. The van der Waals surface area contributed by atoms with Crippen LogP contribution < -0.4 is 15.9 Å². The van der Waals surface area contributed by atoms with Crippen molar-refractivity contribution < 1.29 is 8.98 Å². The van der Waals surface area contributed by atoms with E-state index in [1.165, 1.54) is 5.39 Å². The first-order chi connectivity index (χ1) is 26.1. The van der Waals surface area contributed by atoms with Gasteiger partial charge in [0.1, 0.15) is 11.3 Å². The minimum atomic E-state index is -3.11. The Balaban J connectivity index is 1.12. The lowest BCUT2D eigenvalue weighted by molar-refractivity contribution is 0.592. The molecule has 0 saturated heterocycles. The second-order valence-corrected chi connectivity index (χ2v) is 16.2. The molecule has 0 bridgehead atoms. The molecule has 0 aliphatic carbocycles. The zero-order valence-corrected chi connectivity index (χ0v) is 29.6. The Morgan fingerprint density at radius 2 is 1.00 bits per heavy atom. The van der Waals surface area contributed by atoms with E-state index in [9.17, 15) is 0 Å². The highest BCUT2D eigenvalue weighted by Crippen LogP contribution is 2.44. The quantitative estimate of drug-likeness (QED) is 0.162. The number of aromatic nitrogens is 1. The second kappa shape index (κ2) is 12.6. The molecule has 0 unspecified atom stereocenters. The summed E-state index contributed by atoms with van der Waals surface area (Å²) in [7, 11) is -3.11. The van der Waals surface area contributed by atoms with Crippen molar-refractivity contribution in [3.05, 3.63) is 194 Å². The van der Waals surface area contributed by atoms with Crippen LogP contribution in [0.2, 0.25) is 0 Å². The van der Waals surface area contributed by atoms with Crippen molar-refractivity contribution in [2.24, 2.45) is 0 Å². The highest BCUT2D eigenvalue weighted by Gasteiger charge is 2.30. The van der Waals surface area contributed by atoms with Crippen LogP contribution in [0.25, 0.3) is 77.1 Å². The minimum Gasteiger partial charge on any atom is -0.454 e. The van der Waals surface area contributed by atoms with Gasteiger partial charge in [-0.1, -0.05) is 164 Å². The summed E-state index contributed by atoms with van der Waals surface area (Å²) >= 11 is 0. The third kappa shape index (κ3) is 5.20. The predicted molar refractivity (Wildman–Crippen MR) is 222 cm³/mol. The zero-order valence-electron chi connectivity index (χ0n) is 28.7. The largest absolute Gasteiger partial charge is 0.454 e. The molecule has 3 nitrogen and oxygen atoms in total. The Bertz CT molecular complexity index is 2990. The van der Waals surface area contributed by atoms with Crippen LogP contribution in [-0.2, 0) is 4.57 Å². The molecule has 10 aromatic rings. The second-order valence-electron chi connectivity index (χ2n) is 13.4. The topological polar surface area (TPSA) is 43.1 Å². The Morgan fingerprint density at radius 1 is 0.434 bits per heavy atom. The molecule has 0 atom stereocenters. The summed E-state index contributed by atoms with van der Waals surface area (Å²) in [6.07, 6.45) is 0. The maximum absolute atomic E-state index is 15.2. The molecule has 0 aliphatic rings. The zero-order chi connectivity index (χ0) is 35.4. The molecule has 250 valence electrons. The van der Waals surface area contributed by atoms with Crippen LogP contribution >= 0.6 is 7.14 Å². The van der Waals surface area contributed by atoms with E-state index in [-0.39, 0.29) is 0 Å². The molecule has 0 fully saturated rings. The highest BCUT2D eigenvalue weighted by atomic mass is 31.2. The van der Waals surface area contributed by atoms with Gasteiger partial charge in [0.25, 0.3) is 0 Å². The molecule has 0 radical (unpaired) electrons. The first-order valence-corrected chi connectivity index (χ1v) is 19.5. The van der Waals surface area contributed by atoms with Gasteiger partial charge in [-0.25, -0.2) is 4.98 Å². The van der Waals surface area contributed by atoms with Gasteiger partial charge in [-0.05, 0) is 63.4 Å². The molecule has 0 amide bonds. The number of rotatable bonds is 6. The standard InChI is InChI=1S/C49H32NO2P/c51-53(38-19-3-1-4-20-38,39-21-5-2-6-22-39)40-23-12-18-36(31-40)34-16-11-17-35(30-34)37-28-29-45-44(32-37)47-43-25-9-10-27-46(43)52-49(47)48(50-45)42-26-13-15-33-14-7-8-24-41(33)42/h1-32H. The van der Waals surface area contributed by atoms with E-state index in [0.717, 1.165) is 87.7 Å². The summed E-state index contributed by atoms with van der Waals surface area (Å²) in [5.74, 6) is 0. The number of para-hydroxylation sites is 1. The van der Waals surface area contributed by atoms with Crippen LogP contribution in [0.3, 0.4) is 0 Å². The Labute approximate surface area is 307 Å². The molecule has 0 aliphatic heterocycles. The monoisotopic (exact) mass is 697 g/mol. The van der Waals surface area contributed by atoms with Crippen molar-refractivity contribution in [3.8, 4) is 33.5 Å². The fraction of sp³-hybridized carbons (Fsp3) is 0. The SMILES string of the molecule is O=P(c1ccccc1)(c1ccccc1)c1cccc(-c2cccc(-c3ccc4nc(-c5cccc6ccccc56)c5oc6ccccc6c5c4c3)c2)c1. The normalized spacial score (nSPS) is 11.8. The highest BCUT2D eigenvalue weighted by molar-refractivity contribution is 7.85. The lowest BCUT2D eigenvalue weighted by Crippen LogP contribution is -2.25. The summed E-state index contributed by atoms with van der Waals surface area (Å²) in [5, 5.41) is 7.95. The molecule has 0 spiro atoms. The summed E-state index contributed by atoms with van der Waals surface area (Å²) in [6.45, 7) is 0. The number of nitrogens with zero attached hydrogens (tertiary/aromatic N) is 1. The van der Waals surface area contributed by atoms with Gasteiger partial charge >= 0.3 is 0 Å². The molecule has 2 aromatic heterocycles. The third-order valence-corrected chi connectivity index (χ3v) is 13.4. The van der Waals surface area contributed by atoms with E-state index in [1.807, 2.05) is 84.9 Å². The number of benzene rings is 8. The minimum absolute atomic E-state index is 0.791. The number of hydrogen-bond acceptors (Lipinski definition) is 3. The van der Waals surface area contributed by atoms with Crippen molar-refractivity contribution in [2.75, 3.05) is 0 Å². The lowest BCUT2D eigenvalue weighted by atomic mass is 9.95. The van der Waals surface area contributed by atoms with Crippen molar-refractivity contribution in [2.45, 2.75) is 0 Å². The summed E-state index contributed by atoms with van der Waals surface area (Å²) in [6, 6.07) is 66.0. The summed E-state index contributed by atoms with van der Waals surface area (Å²) in [4.78, 5) is 5.28. The van der Waals surface area contributed by atoms with Crippen LogP contribution in [0.4, 0.5) is 0 Å². The fourth-order valence-corrected chi connectivity index (χ4v) is 10.5. The Morgan fingerprint density at radius 3 is 1.75 bits per heavy atom. The van der Waals surface area contributed by atoms with Crippen LogP contribution in [0.15, 0.2) is 199 Å². The molecule has 4 heteroatoms. The molecule has 53 heavy (non-hydrogen) atoms. The summed E-state index contributed by atoms with van der Waals surface area (Å²) in [5.41, 5.74) is 8.69. The van der Waals surface area contributed by atoms with Crippen molar-refractivity contribution in [1.29, 1.82) is 0 Å². The number of hydrogen-bond donors (Lipinski definition) is 0. The Hall–Kier alpha value is -6.54. The molecular formula is C49H32NO2P. The molecule has 2 heterocycles. The summed E-state index contributed by atoms with van der Waals surface area (Å²) < 4.78 is 21.8. The number of furan rings is 1. The Kier molecular flexibility index (Phi) is 7.42. The van der Waals surface area contributed by atoms with E-state index in [1.54, 1.807) is 0 Å². The van der Waals surface area contributed by atoms with E-state index < -0.39 is 7.14 Å². The predicted octanol–water partition coefficient (Wildman–Crippen LogP) is 11.9. The van der Waals surface area contributed by atoms with Gasteiger partial charge in [0, 0.05) is 37.6 Å². The smallest absolute Gasteiger partial charge is 0.171 e. The van der Waals surface area contributed by atoms with Crippen LogP contribution in [0.1, 0.15) is 0 Å². The molecule has 0 saturated carbocycles. The number of fused-ring (bicyclic) bond motifs is 6. The van der Waals surface area contributed by atoms with E-state index in [4.69, 9.17) is 9.40 Å². The van der Waals surface area contributed by atoms with E-state index in [0.29, 0.717) is 0 Å². The van der Waals surface area contributed by atoms with E-state index >= 15 is 4.57 Å². The van der Waals surface area contributed by atoms with Crippen LogP contribution in [0, 0.1) is 0 Å². The molecular weight excluding hydrogens is 666 g/mol. The van der Waals surface area contributed by atoms with Crippen LogP contribution in [-0.4, -0.2) is 4.98 Å². The first-order valence-electron chi connectivity index (χ1n) is 17.8. The third-order valence-electron chi connectivity index (χ3n) is 10.3. The van der Waals surface area contributed by atoms with Gasteiger partial charge in [-0.15, -0.1) is 0 Å². The van der Waals surface area contributed by atoms with Gasteiger partial charge < -0.3 is 8.98 Å². The van der Waals surface area contributed by atoms with Gasteiger partial charge in [0.2, 0.25) is 0 Å². The molecule has 10 rings (SSSR count). The van der Waals surface area contributed by atoms with Gasteiger partial charge in [0.05, 0.1) is 5.52 Å². The van der Waals surface area contributed by atoms with Crippen molar-refractivity contribution >= 4 is 66.7 Å². The maximum atomic E-state index is 15.2. The molecule has 0 N–H and O–H groups in total. The van der Waals surface area contributed by atoms with Crippen molar-refractivity contribution in [3.63, 3.8) is 0 Å². The van der Waals surface area contributed by atoms with E-state index in [2.05, 4.69) is 109 Å². The maximum Gasteiger partial charge on any atom is 0.171 e. The lowest BCUT2D eigenvalue weighted by Gasteiger charge is -2.20. The number of pyridine rings is 1. The average Bonchev–Trinajstić information content (AvgIpc) is 3.64. The average molecular weight is 698 g/mol. The molecule has 8 aromatic carbocycles. The van der Waals surface area contributed by atoms with Crippen LogP contribution in [0.5, 0.6) is 0 Å². The van der Waals surface area contributed by atoms with Gasteiger partial charge in [0.15, 0.2) is 12.7 Å². The first kappa shape index (κ1) is 31.2. The van der Waals surface area contributed by atoms with Crippen molar-refractivity contribution in [1.82, 2.24) is 4.98 Å². The van der Waals surface area contributed by atoms with Gasteiger partial charge in [-0.2, -0.15) is 0 Å².